The summed E-state index contributed by atoms with van der Waals surface area (Å²) in [5.41, 5.74) is -0.307. The number of carbonyl (C=O) groups excluding carboxylic acids is 1. The van der Waals surface area contributed by atoms with Crippen molar-refractivity contribution in [1.82, 2.24) is 14.8 Å². The first-order chi connectivity index (χ1) is 9.79. The highest BCUT2D eigenvalue weighted by atomic mass is 79.9. The lowest BCUT2D eigenvalue weighted by molar-refractivity contribution is -0.142. The molecule has 2 heterocycles. The smallest absolute Gasteiger partial charge is 0.324 e. The van der Waals surface area contributed by atoms with E-state index >= 15 is 0 Å². The van der Waals surface area contributed by atoms with E-state index in [1.807, 2.05) is 0 Å². The molecule has 0 aliphatic carbocycles. The second kappa shape index (κ2) is 5.84. The number of nitrogens with one attached hydrogen (secondary N) is 1. The Morgan fingerprint density at radius 3 is 2.52 bits per heavy atom. The van der Waals surface area contributed by atoms with Gasteiger partial charge in [0, 0.05) is 18.1 Å². The zero-order chi connectivity index (χ0) is 15.6. The molecule has 1 amide bonds. The highest BCUT2D eigenvalue weighted by molar-refractivity contribution is 9.10. The Labute approximate surface area is 126 Å². The Balaban J connectivity index is 2.15. The second-order valence-electron chi connectivity index (χ2n) is 4.19. The van der Waals surface area contributed by atoms with Gasteiger partial charge in [-0.15, -0.1) is 0 Å². The summed E-state index contributed by atoms with van der Waals surface area (Å²) in [6.07, 6.45) is -1.59. The van der Waals surface area contributed by atoms with E-state index in [0.29, 0.717) is 5.69 Å². The Kier molecular flexibility index (Phi) is 4.31. The lowest BCUT2D eigenvalue weighted by Crippen LogP contribution is -2.20. The van der Waals surface area contributed by atoms with Crippen LogP contribution in [-0.4, -0.2) is 20.7 Å². The fourth-order valence-corrected chi connectivity index (χ4v) is 2.14. The van der Waals surface area contributed by atoms with Gasteiger partial charge in [0.2, 0.25) is 5.91 Å². The fourth-order valence-electron chi connectivity index (χ4n) is 1.63. The third-order valence-electron chi connectivity index (χ3n) is 2.66. The molecule has 0 aliphatic rings. The summed E-state index contributed by atoms with van der Waals surface area (Å²) >= 11 is 2.85. The van der Waals surface area contributed by atoms with Gasteiger partial charge in [-0.1, -0.05) is 0 Å². The van der Waals surface area contributed by atoms with Crippen LogP contribution in [0.3, 0.4) is 0 Å². The number of halogens is 4. The molecule has 0 saturated carbocycles. The molecule has 0 spiro atoms. The molecule has 0 aromatic carbocycles. The van der Waals surface area contributed by atoms with E-state index in [4.69, 9.17) is 0 Å². The van der Waals surface area contributed by atoms with Gasteiger partial charge in [-0.2, -0.15) is 18.3 Å². The number of pyridine rings is 1. The molecule has 0 bridgehead atoms. The van der Waals surface area contributed by atoms with E-state index in [-0.39, 0.29) is 16.7 Å². The van der Waals surface area contributed by atoms with Crippen LogP contribution in [0.25, 0.3) is 0 Å². The minimum absolute atomic E-state index is 0.160. The zero-order valence-electron chi connectivity index (χ0n) is 10.8. The lowest BCUT2D eigenvalue weighted by atomic mass is 10.3. The maximum absolute atomic E-state index is 12.7. The quantitative estimate of drug-likeness (QED) is 0.912. The molecule has 21 heavy (non-hydrogen) atoms. The van der Waals surface area contributed by atoms with Crippen molar-refractivity contribution in [2.45, 2.75) is 19.6 Å². The van der Waals surface area contributed by atoms with E-state index in [9.17, 15) is 18.0 Å². The molecular formula is C12H10BrF3N4O. The van der Waals surface area contributed by atoms with Crippen molar-refractivity contribution in [3.63, 3.8) is 0 Å². The molecule has 2 rings (SSSR count). The minimum atomic E-state index is -4.57. The molecule has 0 atom stereocenters. The third-order valence-corrected chi connectivity index (χ3v) is 3.61. The molecule has 0 unspecified atom stereocenters. The summed E-state index contributed by atoms with van der Waals surface area (Å²) in [7, 11) is 0. The summed E-state index contributed by atoms with van der Waals surface area (Å²) in [5, 5.41) is 5.98. The number of hydrogen-bond acceptors (Lipinski definition) is 3. The van der Waals surface area contributed by atoms with Crippen LogP contribution < -0.4 is 5.32 Å². The Hall–Kier alpha value is -1.90. The zero-order valence-corrected chi connectivity index (χ0v) is 12.4. The highest BCUT2D eigenvalue weighted by Gasteiger charge is 2.38. The Morgan fingerprint density at radius 1 is 1.38 bits per heavy atom. The van der Waals surface area contributed by atoms with Crippen molar-refractivity contribution in [1.29, 1.82) is 0 Å². The van der Waals surface area contributed by atoms with Crippen LogP contribution in [0.1, 0.15) is 11.4 Å². The second-order valence-corrected chi connectivity index (χ2v) is 4.98. The molecule has 1 N–H and O–H groups in total. The maximum Gasteiger partial charge on any atom is 0.436 e. The van der Waals surface area contributed by atoms with Crippen molar-refractivity contribution in [2.75, 3.05) is 5.32 Å². The topological polar surface area (TPSA) is 59.8 Å². The van der Waals surface area contributed by atoms with Gasteiger partial charge in [0.1, 0.15) is 6.54 Å². The number of anilines is 1. The average molecular weight is 363 g/mol. The van der Waals surface area contributed by atoms with Crippen LogP contribution in [-0.2, 0) is 17.5 Å². The lowest BCUT2D eigenvalue weighted by Gasteiger charge is -2.06. The van der Waals surface area contributed by atoms with E-state index in [0.717, 1.165) is 4.68 Å². The Bertz CT molecular complexity index is 655. The maximum atomic E-state index is 12.7. The van der Waals surface area contributed by atoms with Crippen molar-refractivity contribution in [2.24, 2.45) is 0 Å². The molecule has 0 fully saturated rings. The van der Waals surface area contributed by atoms with Crippen molar-refractivity contribution in [3.05, 3.63) is 40.4 Å². The number of carbonyl (C=O) groups is 1. The van der Waals surface area contributed by atoms with Crippen LogP contribution in [0, 0.1) is 6.92 Å². The molecule has 0 aliphatic heterocycles. The monoisotopic (exact) mass is 362 g/mol. The summed E-state index contributed by atoms with van der Waals surface area (Å²) in [6, 6.07) is 3.15. The van der Waals surface area contributed by atoms with E-state index < -0.39 is 17.8 Å². The van der Waals surface area contributed by atoms with E-state index in [1.165, 1.54) is 19.3 Å². The fraction of sp³-hybridized carbons (Fsp3) is 0.250. The van der Waals surface area contributed by atoms with Crippen molar-refractivity contribution < 1.29 is 18.0 Å². The first-order valence-corrected chi connectivity index (χ1v) is 6.58. The normalized spacial score (nSPS) is 11.5. The summed E-state index contributed by atoms with van der Waals surface area (Å²) in [5.74, 6) is -0.479. The number of hydrogen-bond donors (Lipinski definition) is 1. The van der Waals surface area contributed by atoms with Crippen LogP contribution >= 0.6 is 15.9 Å². The molecule has 112 valence electrons. The van der Waals surface area contributed by atoms with Gasteiger partial charge < -0.3 is 5.32 Å². The number of amides is 1. The van der Waals surface area contributed by atoms with Gasteiger partial charge in [0.05, 0.1) is 10.2 Å². The Morgan fingerprint density at radius 2 is 2.00 bits per heavy atom. The number of alkyl halides is 3. The number of rotatable bonds is 3. The minimum Gasteiger partial charge on any atom is -0.324 e. The largest absolute Gasteiger partial charge is 0.436 e. The van der Waals surface area contributed by atoms with Crippen molar-refractivity contribution in [3.8, 4) is 0 Å². The van der Waals surface area contributed by atoms with E-state index in [2.05, 4.69) is 31.3 Å². The van der Waals surface area contributed by atoms with Gasteiger partial charge in [0.15, 0.2) is 5.69 Å². The number of aromatic nitrogens is 3. The van der Waals surface area contributed by atoms with E-state index in [1.54, 1.807) is 12.1 Å². The van der Waals surface area contributed by atoms with Crippen LogP contribution in [0.4, 0.5) is 18.9 Å². The number of nitrogens with zero attached hydrogens (tertiary/aromatic N) is 3. The van der Waals surface area contributed by atoms with Gasteiger partial charge >= 0.3 is 6.18 Å². The third kappa shape index (κ3) is 3.60. The molecule has 0 radical (unpaired) electrons. The molecule has 5 nitrogen and oxygen atoms in total. The molecule has 2 aromatic rings. The molecule has 0 saturated heterocycles. The predicted octanol–water partition coefficient (Wildman–Crippen LogP) is 3.01. The van der Waals surface area contributed by atoms with Gasteiger partial charge in [0.25, 0.3) is 0 Å². The van der Waals surface area contributed by atoms with Crippen molar-refractivity contribution >= 4 is 27.5 Å². The standard InChI is InChI=1S/C12H10BrF3N4O/c1-7-10(13)11(12(14,15)16)19-20(7)6-9(21)18-8-2-4-17-5-3-8/h2-5H,6H2,1H3,(H,17,18,21). The molecule has 2 aromatic heterocycles. The molecule has 9 heteroatoms. The molecular weight excluding hydrogens is 353 g/mol. The van der Waals surface area contributed by atoms with Gasteiger partial charge in [-0.05, 0) is 35.0 Å². The average Bonchev–Trinajstić information content (AvgIpc) is 2.68. The van der Waals surface area contributed by atoms with Gasteiger partial charge in [-0.3, -0.25) is 14.5 Å². The highest BCUT2D eigenvalue weighted by Crippen LogP contribution is 2.35. The van der Waals surface area contributed by atoms with Gasteiger partial charge in [-0.25, -0.2) is 0 Å². The summed E-state index contributed by atoms with van der Waals surface area (Å²) < 4.78 is 39.0. The first-order valence-electron chi connectivity index (χ1n) is 5.79. The first kappa shape index (κ1) is 15.5. The summed E-state index contributed by atoms with van der Waals surface area (Å²) in [4.78, 5) is 15.6. The SMILES string of the molecule is Cc1c(Br)c(C(F)(F)F)nn1CC(=O)Nc1ccncc1. The van der Waals surface area contributed by atoms with Crippen LogP contribution in [0.15, 0.2) is 29.0 Å². The van der Waals surface area contributed by atoms with Crippen LogP contribution in [0.2, 0.25) is 0 Å². The predicted molar refractivity (Wildman–Crippen MR) is 72.5 cm³/mol. The van der Waals surface area contributed by atoms with Crippen LogP contribution in [0.5, 0.6) is 0 Å². The summed E-state index contributed by atoms with van der Waals surface area (Å²) in [6.45, 7) is 1.13.